The van der Waals surface area contributed by atoms with Crippen LogP contribution in [-0.4, -0.2) is 23.3 Å². The van der Waals surface area contributed by atoms with Crippen molar-refractivity contribution >= 4 is 33.5 Å². The Balaban J connectivity index is 3.42. The Morgan fingerprint density at radius 3 is 2.80 bits per heavy atom. The van der Waals surface area contributed by atoms with Crippen LogP contribution in [0.15, 0.2) is 0 Å². The summed E-state index contributed by atoms with van der Waals surface area (Å²) in [5.74, 6) is -0.347. The molecule has 0 fully saturated rings. The van der Waals surface area contributed by atoms with E-state index in [9.17, 15) is 4.79 Å². The molecule has 0 rings (SSSR count). The van der Waals surface area contributed by atoms with Gasteiger partial charge < -0.3 is 4.74 Å². The van der Waals surface area contributed by atoms with E-state index in [1.165, 1.54) is 0 Å². The van der Waals surface area contributed by atoms with Gasteiger partial charge in [-0.15, -0.1) is 11.6 Å². The topological polar surface area (TPSA) is 26.3 Å². The molecular weight excluding hydrogens is 219 g/mol. The van der Waals surface area contributed by atoms with Crippen molar-refractivity contribution in [1.29, 1.82) is 0 Å². The lowest BCUT2D eigenvalue weighted by molar-refractivity contribution is -0.142. The fraction of sp³-hybridized carbons (Fsp3) is 0.833. The first-order chi connectivity index (χ1) is 4.72. The average molecular weight is 230 g/mol. The first kappa shape index (κ1) is 10.2. The van der Waals surface area contributed by atoms with E-state index in [1.54, 1.807) is 0 Å². The number of alkyl halides is 2. The SMILES string of the molecule is CCCOC(=O)C(Cl)CBr. The van der Waals surface area contributed by atoms with E-state index in [1.807, 2.05) is 6.92 Å². The van der Waals surface area contributed by atoms with E-state index >= 15 is 0 Å². The van der Waals surface area contributed by atoms with E-state index in [0.29, 0.717) is 11.9 Å². The maximum Gasteiger partial charge on any atom is 0.324 e. The van der Waals surface area contributed by atoms with Crippen LogP contribution in [0.2, 0.25) is 0 Å². The summed E-state index contributed by atoms with van der Waals surface area (Å²) in [6.45, 7) is 2.39. The first-order valence-electron chi connectivity index (χ1n) is 3.09. The number of ether oxygens (including phenoxy) is 1. The minimum atomic E-state index is -0.549. The lowest BCUT2D eigenvalue weighted by Gasteiger charge is -2.04. The van der Waals surface area contributed by atoms with Crippen molar-refractivity contribution in [2.75, 3.05) is 11.9 Å². The van der Waals surface area contributed by atoms with Gasteiger partial charge >= 0.3 is 5.97 Å². The van der Waals surface area contributed by atoms with Crippen molar-refractivity contribution in [2.45, 2.75) is 18.7 Å². The van der Waals surface area contributed by atoms with Crippen LogP contribution in [0.1, 0.15) is 13.3 Å². The van der Waals surface area contributed by atoms with Crippen molar-refractivity contribution in [3.8, 4) is 0 Å². The number of hydrogen-bond donors (Lipinski definition) is 0. The molecule has 0 aromatic heterocycles. The van der Waals surface area contributed by atoms with E-state index < -0.39 is 5.38 Å². The van der Waals surface area contributed by atoms with Crippen LogP contribution in [-0.2, 0) is 9.53 Å². The predicted molar refractivity (Wildman–Crippen MR) is 44.7 cm³/mol. The minimum absolute atomic E-state index is 0.347. The van der Waals surface area contributed by atoms with Gasteiger partial charge in [0, 0.05) is 5.33 Å². The molecule has 0 aromatic rings. The fourth-order valence-electron chi connectivity index (χ4n) is 0.356. The van der Waals surface area contributed by atoms with Crippen molar-refractivity contribution in [2.24, 2.45) is 0 Å². The highest BCUT2D eigenvalue weighted by Gasteiger charge is 2.13. The quantitative estimate of drug-likeness (QED) is 0.544. The molecule has 0 bridgehead atoms. The fourth-order valence-corrected chi connectivity index (χ4v) is 0.683. The van der Waals surface area contributed by atoms with E-state index in [0.717, 1.165) is 6.42 Å². The van der Waals surface area contributed by atoms with Gasteiger partial charge in [-0.2, -0.15) is 0 Å². The number of hydrogen-bond acceptors (Lipinski definition) is 2. The second kappa shape index (κ2) is 5.98. The molecule has 0 saturated carbocycles. The van der Waals surface area contributed by atoms with Gasteiger partial charge in [0.2, 0.25) is 0 Å². The Labute approximate surface area is 74.0 Å². The van der Waals surface area contributed by atoms with Crippen molar-refractivity contribution in [3.63, 3.8) is 0 Å². The van der Waals surface area contributed by atoms with Gasteiger partial charge in [0.1, 0.15) is 5.38 Å². The third-order valence-electron chi connectivity index (χ3n) is 0.840. The zero-order chi connectivity index (χ0) is 7.98. The molecule has 0 aliphatic heterocycles. The minimum Gasteiger partial charge on any atom is -0.465 e. The second-order valence-electron chi connectivity index (χ2n) is 1.79. The maximum absolute atomic E-state index is 10.7. The van der Waals surface area contributed by atoms with Crippen molar-refractivity contribution < 1.29 is 9.53 Å². The molecule has 10 heavy (non-hydrogen) atoms. The Hall–Kier alpha value is 0.240. The first-order valence-corrected chi connectivity index (χ1v) is 4.64. The molecule has 0 aliphatic carbocycles. The maximum atomic E-state index is 10.7. The van der Waals surface area contributed by atoms with Crippen LogP contribution in [0.4, 0.5) is 0 Å². The second-order valence-corrected chi connectivity index (χ2v) is 2.96. The highest BCUT2D eigenvalue weighted by molar-refractivity contribution is 9.09. The van der Waals surface area contributed by atoms with Gasteiger partial charge in [-0.25, -0.2) is 0 Å². The zero-order valence-electron chi connectivity index (χ0n) is 5.77. The molecule has 60 valence electrons. The lowest BCUT2D eigenvalue weighted by atomic mass is 10.5. The summed E-state index contributed by atoms with van der Waals surface area (Å²) < 4.78 is 4.74. The van der Waals surface area contributed by atoms with Crippen molar-refractivity contribution in [3.05, 3.63) is 0 Å². The van der Waals surface area contributed by atoms with Crippen molar-refractivity contribution in [1.82, 2.24) is 0 Å². The Kier molecular flexibility index (Phi) is 6.13. The standard InChI is InChI=1S/C6H10BrClO2/c1-2-3-10-6(9)5(8)4-7/h5H,2-4H2,1H3. The molecule has 0 aromatic carbocycles. The normalized spacial score (nSPS) is 12.7. The third kappa shape index (κ3) is 4.12. The van der Waals surface area contributed by atoms with Gasteiger partial charge in [0.05, 0.1) is 6.61 Å². The molecule has 0 spiro atoms. The smallest absolute Gasteiger partial charge is 0.324 e. The van der Waals surface area contributed by atoms with Gasteiger partial charge in [-0.3, -0.25) is 4.79 Å². The molecule has 0 heterocycles. The average Bonchev–Trinajstić information content (AvgIpc) is 1.98. The zero-order valence-corrected chi connectivity index (χ0v) is 8.11. The van der Waals surface area contributed by atoms with E-state index in [2.05, 4.69) is 15.9 Å². The third-order valence-corrected chi connectivity index (χ3v) is 2.19. The van der Waals surface area contributed by atoms with Crippen LogP contribution < -0.4 is 0 Å². The van der Waals surface area contributed by atoms with Crippen LogP contribution >= 0.6 is 27.5 Å². The Morgan fingerprint density at radius 1 is 1.80 bits per heavy atom. The largest absolute Gasteiger partial charge is 0.465 e. The summed E-state index contributed by atoms with van der Waals surface area (Å²) in [5, 5.41) is -0.108. The highest BCUT2D eigenvalue weighted by atomic mass is 79.9. The molecule has 1 unspecified atom stereocenters. The number of rotatable bonds is 4. The Bertz CT molecular complexity index is 108. The molecule has 1 atom stereocenters. The summed E-state index contributed by atoms with van der Waals surface area (Å²) in [6, 6.07) is 0. The molecule has 0 saturated heterocycles. The summed E-state index contributed by atoms with van der Waals surface area (Å²) in [5.41, 5.74) is 0. The van der Waals surface area contributed by atoms with E-state index in [-0.39, 0.29) is 5.97 Å². The summed E-state index contributed by atoms with van der Waals surface area (Å²) in [6.07, 6.45) is 0.831. The molecule has 2 nitrogen and oxygen atoms in total. The van der Waals surface area contributed by atoms with Gasteiger partial charge in [0.25, 0.3) is 0 Å². The van der Waals surface area contributed by atoms with Crippen LogP contribution in [0.3, 0.4) is 0 Å². The molecule has 0 amide bonds. The van der Waals surface area contributed by atoms with Crippen LogP contribution in [0, 0.1) is 0 Å². The summed E-state index contributed by atoms with van der Waals surface area (Å²) in [7, 11) is 0. The highest BCUT2D eigenvalue weighted by Crippen LogP contribution is 2.02. The van der Waals surface area contributed by atoms with Crippen LogP contribution in [0.25, 0.3) is 0 Å². The summed E-state index contributed by atoms with van der Waals surface area (Å²) in [4.78, 5) is 10.7. The van der Waals surface area contributed by atoms with Gasteiger partial charge in [-0.05, 0) is 6.42 Å². The summed E-state index contributed by atoms with van der Waals surface area (Å²) >= 11 is 8.60. The monoisotopic (exact) mass is 228 g/mol. The molecular formula is C6H10BrClO2. The number of halogens is 2. The van der Waals surface area contributed by atoms with Gasteiger partial charge in [-0.1, -0.05) is 22.9 Å². The molecule has 0 N–H and O–H groups in total. The Morgan fingerprint density at radius 2 is 2.40 bits per heavy atom. The predicted octanol–water partition coefficient (Wildman–Crippen LogP) is 1.94. The van der Waals surface area contributed by atoms with Gasteiger partial charge in [0.15, 0.2) is 0 Å². The molecule has 0 radical (unpaired) electrons. The molecule has 4 heteroatoms. The number of esters is 1. The lowest BCUT2D eigenvalue weighted by Crippen LogP contribution is -2.19. The number of carbonyl (C=O) groups is 1. The van der Waals surface area contributed by atoms with E-state index in [4.69, 9.17) is 16.3 Å². The molecule has 0 aliphatic rings. The van der Waals surface area contributed by atoms with Crippen LogP contribution in [0.5, 0.6) is 0 Å². The number of carbonyl (C=O) groups excluding carboxylic acids is 1.